The second-order valence-electron chi connectivity index (χ2n) is 39.0. The monoisotopic (exact) mass is 1890 g/mol. The summed E-state index contributed by atoms with van der Waals surface area (Å²) in [6, 6.07) is 49.5. The van der Waals surface area contributed by atoms with Crippen molar-refractivity contribution in [1.29, 1.82) is 0 Å². The largest absolute Gasteiger partial charge is 3.00 e. The summed E-state index contributed by atoms with van der Waals surface area (Å²) < 4.78 is 39.0. The molecule has 0 radical (unpaired) electrons. The minimum Gasteiger partial charge on any atom is -0.657 e. The van der Waals surface area contributed by atoms with Crippen molar-refractivity contribution in [1.82, 2.24) is 39.9 Å². The van der Waals surface area contributed by atoms with Crippen LogP contribution in [0.2, 0.25) is 0 Å². The first-order valence-corrected chi connectivity index (χ1v) is 45.8. The summed E-state index contributed by atoms with van der Waals surface area (Å²) in [6.45, 7) is 64.2. The Morgan fingerprint density at radius 1 is 0.305 bits per heavy atom. The van der Waals surface area contributed by atoms with Gasteiger partial charge in [0.1, 0.15) is 0 Å². The maximum atomic E-state index is 9.75. The minimum atomic E-state index is -6.00. The Labute approximate surface area is 773 Å². The van der Waals surface area contributed by atoms with Gasteiger partial charge in [-0.2, -0.15) is 0 Å². The van der Waals surface area contributed by atoms with Crippen molar-refractivity contribution in [2.24, 2.45) is 0 Å². The van der Waals surface area contributed by atoms with Gasteiger partial charge in [-0.05, 0) is 312 Å². The quantitative estimate of drug-likeness (QED) is 0.0716. The molecule has 0 amide bonds. The molecule has 662 valence electrons. The molecule has 2 N–H and O–H groups in total. The topological polar surface area (TPSA) is 111 Å². The van der Waals surface area contributed by atoms with Gasteiger partial charge in [-0.1, -0.05) is 257 Å². The molecule has 11 aromatic rings. The Balaban J connectivity index is 0.00000227. The molecule has 16 bridgehead atoms. The SMILES string of the molecule is CCC1=C(C)c2nc1cc1[n-]c(c(C)c1CC)c(-c1ccc(C#Cc3ccc(C#Cc4ccc(-c5c6nc(cc7[nH]c(c(C)c7CC)c(-c7cc(C(C)(C)C)cc(C(C)(C)C)c7)c7nc(cc8[nH]c5c(C)c8CC)C(CC)=C7C)C(CC)=C6C)cc4)cc3)cc1)c1nc(cc3[n-]c(c(C)c3CC)c2-c2cc(C(C)(C)C)cc(C(C)(C)C)c2)C(CC)=C1C.F[B-](F)(F)F.[Au+3]. The first-order valence-electron chi connectivity index (χ1n) is 45.8. The predicted molar refractivity (Wildman–Crippen MR) is 533 cm³/mol. The average Bonchev–Trinajstić information content (AvgIpc) is 1.58. The zero-order valence-corrected chi connectivity index (χ0v) is 82.6. The number of aromatic nitrogens is 8. The zero-order valence-electron chi connectivity index (χ0n) is 80.4. The van der Waals surface area contributed by atoms with Gasteiger partial charge in [0.2, 0.25) is 0 Å². The predicted octanol–water partition coefficient (Wildman–Crippen LogP) is 31.0. The number of halogens is 4. The van der Waals surface area contributed by atoms with E-state index in [-0.39, 0.29) is 44.0 Å². The Kier molecular flexibility index (Phi) is 26.9. The maximum Gasteiger partial charge on any atom is 3.00 e. The van der Waals surface area contributed by atoms with Gasteiger partial charge in [-0.15, -0.1) is 22.1 Å². The van der Waals surface area contributed by atoms with Crippen molar-refractivity contribution >= 4 is 96.0 Å². The molecule has 0 saturated heterocycles. The summed E-state index contributed by atoms with van der Waals surface area (Å²) in [5.74, 6) is 14.0. The molecule has 10 heterocycles. The molecule has 0 fully saturated rings. The fourth-order valence-electron chi connectivity index (χ4n) is 19.2. The summed E-state index contributed by atoms with van der Waals surface area (Å²) in [5, 5.41) is 0. The molecule has 5 aromatic carbocycles. The summed E-state index contributed by atoms with van der Waals surface area (Å²) >= 11 is 0. The van der Waals surface area contributed by atoms with E-state index in [0.717, 1.165) is 213 Å². The molecule has 14 heteroatoms. The van der Waals surface area contributed by atoms with Crippen LogP contribution in [0.1, 0.15) is 326 Å². The fraction of sp³-hybridized carbons (Fsp3) is 0.351. The summed E-state index contributed by atoms with van der Waals surface area (Å²) in [5.41, 5.74) is 52.9. The van der Waals surface area contributed by atoms with Crippen LogP contribution in [-0.4, -0.2) is 37.2 Å². The molecule has 0 spiro atoms. The number of nitrogens with zero attached hydrogens (tertiary/aromatic N) is 6. The number of aromatic amines is 2. The van der Waals surface area contributed by atoms with E-state index in [4.69, 9.17) is 29.9 Å². The van der Waals surface area contributed by atoms with Crippen LogP contribution in [0.4, 0.5) is 17.3 Å². The van der Waals surface area contributed by atoms with E-state index < -0.39 is 7.25 Å². The van der Waals surface area contributed by atoms with Gasteiger partial charge in [-0.3, -0.25) is 0 Å². The maximum absolute atomic E-state index is 9.75. The van der Waals surface area contributed by atoms with Crippen molar-refractivity contribution < 1.29 is 39.6 Å². The molecular formula is C114H124AuBF4N8. The molecule has 4 aliphatic rings. The molecule has 0 atom stereocenters. The van der Waals surface area contributed by atoms with E-state index in [1.54, 1.807) is 0 Å². The third-order valence-electron chi connectivity index (χ3n) is 26.6. The van der Waals surface area contributed by atoms with Gasteiger partial charge in [0.05, 0.1) is 56.6 Å². The Morgan fingerprint density at radius 2 is 0.547 bits per heavy atom. The second-order valence-corrected chi connectivity index (χ2v) is 39.0. The van der Waals surface area contributed by atoms with E-state index in [9.17, 15) is 17.3 Å². The van der Waals surface area contributed by atoms with Crippen molar-refractivity contribution in [3.05, 3.63) is 268 Å². The normalized spacial score (nSPS) is 13.2. The van der Waals surface area contributed by atoms with E-state index in [1.807, 2.05) is 0 Å². The van der Waals surface area contributed by atoms with Crippen molar-refractivity contribution in [2.75, 3.05) is 0 Å². The summed E-state index contributed by atoms with van der Waals surface area (Å²) in [7, 11) is -6.00. The Bertz CT molecular complexity index is 6470. The van der Waals surface area contributed by atoms with Crippen molar-refractivity contribution in [3.8, 4) is 68.2 Å². The second kappa shape index (κ2) is 36.5. The van der Waals surface area contributed by atoms with Crippen LogP contribution < -0.4 is 9.97 Å². The van der Waals surface area contributed by atoms with Crippen molar-refractivity contribution in [3.63, 3.8) is 0 Å². The van der Waals surface area contributed by atoms with E-state index in [2.05, 4.69) is 361 Å². The molecule has 6 aromatic heterocycles. The number of nitrogens with one attached hydrogen (secondary N) is 2. The first kappa shape index (κ1) is 94.6. The van der Waals surface area contributed by atoms with E-state index in [1.165, 1.54) is 106 Å². The van der Waals surface area contributed by atoms with Gasteiger partial charge in [0, 0.05) is 44.4 Å². The number of hydrogen-bond acceptors (Lipinski definition) is 4. The smallest absolute Gasteiger partial charge is 0.657 e. The van der Waals surface area contributed by atoms with Crippen LogP contribution in [0.25, 0.3) is 133 Å². The molecule has 15 rings (SSSR count). The number of allylic oxidation sites excluding steroid dienone is 8. The van der Waals surface area contributed by atoms with Gasteiger partial charge in [0.15, 0.2) is 0 Å². The van der Waals surface area contributed by atoms with Gasteiger partial charge < -0.3 is 37.2 Å². The number of rotatable bonds is 12. The van der Waals surface area contributed by atoms with Crippen LogP contribution in [0, 0.1) is 51.4 Å². The molecule has 0 aliphatic carbocycles. The molecule has 4 aliphatic heterocycles. The van der Waals surface area contributed by atoms with Crippen LogP contribution >= 0.6 is 0 Å². The van der Waals surface area contributed by atoms with Gasteiger partial charge in [-0.25, -0.2) is 19.9 Å². The fourth-order valence-corrected chi connectivity index (χ4v) is 19.2. The standard InChI is InChI=1S/C114H124N8.Au.BF4/c1-29-83-63(9)103-99(104-64(10)84(30-2)92(116-104)60-96-88(34-6)68(14)108(120-96)101(107-67(13)87(33-5)95(119-107)59-91(83)115-103)77-53-79(111(17,18)19)57-80(54-77)112(20,21)22)75-49-45-73(46-50-75)43-41-71-37-39-72(40-38-71)42-44-74-47-51-76(52-48-74)100-105-65(11)85(31-3)93(117-105)61-97-89(35-7)69(15)109(121-97)102(78-55-81(113(23,24)25)58-82(56-78)114(26,27)28)110-70(16)90(36-8)98(122-110)62-94-86(32-4)66(12)106(100)118-94;;2-1(3,4)5/h37-40,45-62,115,120H,29-36H2,1-28H3;;/q-2;+3;-1. The minimum absolute atomic E-state index is 0. The number of benzene rings is 5. The molecular weight excluding hydrogens is 1770 g/mol. The van der Waals surface area contributed by atoms with Crippen LogP contribution in [-0.2, 0) is 69.7 Å². The van der Waals surface area contributed by atoms with Crippen molar-refractivity contribution in [2.45, 2.75) is 267 Å². The summed E-state index contributed by atoms with van der Waals surface area (Å²) in [4.78, 5) is 42.8. The summed E-state index contributed by atoms with van der Waals surface area (Å²) in [6.07, 6.45) is 6.65. The third kappa shape index (κ3) is 18.4. The molecule has 8 nitrogen and oxygen atoms in total. The van der Waals surface area contributed by atoms with Crippen LogP contribution in [0.5, 0.6) is 0 Å². The number of hydrogen-bond donors (Lipinski definition) is 2. The number of H-pyrrole nitrogens is 2. The molecule has 0 unspecified atom stereocenters. The molecule has 128 heavy (non-hydrogen) atoms. The average molecular weight is 1890 g/mol. The van der Waals surface area contributed by atoms with Gasteiger partial charge in [0.25, 0.3) is 0 Å². The molecule has 0 saturated carbocycles. The van der Waals surface area contributed by atoms with E-state index in [0.29, 0.717) is 0 Å². The Morgan fingerprint density at radius 3 is 0.820 bits per heavy atom. The Hall–Kier alpha value is -11.1. The van der Waals surface area contributed by atoms with Gasteiger partial charge >= 0.3 is 29.6 Å². The number of aryl methyl sites for hydroxylation is 8. The zero-order chi connectivity index (χ0) is 91.9. The third-order valence-corrected chi connectivity index (χ3v) is 26.6. The van der Waals surface area contributed by atoms with E-state index >= 15 is 0 Å². The van der Waals surface area contributed by atoms with Crippen LogP contribution in [0.3, 0.4) is 0 Å². The first-order chi connectivity index (χ1) is 59.9. The number of fused-ring (bicyclic) bond motifs is 16. The van der Waals surface area contributed by atoms with Crippen LogP contribution in [0.15, 0.2) is 133 Å².